The zero-order valence-corrected chi connectivity index (χ0v) is 12.2. The minimum Gasteiger partial charge on any atom is -0.487 e. The average Bonchev–Trinajstić information content (AvgIpc) is 2.66. The fourth-order valence-corrected chi connectivity index (χ4v) is 2.12. The van der Waals surface area contributed by atoms with Gasteiger partial charge in [-0.05, 0) is 45.1 Å². The van der Waals surface area contributed by atoms with Gasteiger partial charge in [0.2, 0.25) is 0 Å². The number of nitrogens with two attached hydrogens (primary N) is 1. The van der Waals surface area contributed by atoms with E-state index in [1.165, 1.54) is 11.5 Å². The first kappa shape index (κ1) is 15.0. The predicted octanol–water partition coefficient (Wildman–Crippen LogP) is 2.74. The Balaban J connectivity index is 2.22. The fourth-order valence-electron chi connectivity index (χ4n) is 1.44. The number of nitrogens with one attached hydrogen (secondary N) is 1. The van der Waals surface area contributed by atoms with Crippen LogP contribution in [0.1, 0.15) is 33.6 Å². The van der Waals surface area contributed by atoms with Crippen LogP contribution in [0.4, 0.5) is 10.8 Å². The van der Waals surface area contributed by atoms with Gasteiger partial charge in [0.25, 0.3) is 0 Å². The van der Waals surface area contributed by atoms with E-state index in [2.05, 4.69) is 9.69 Å². The number of nitrogen functional groups attached to an aromatic ring is 1. The molecule has 1 heterocycles. The first-order chi connectivity index (χ1) is 8.65. The van der Waals surface area contributed by atoms with E-state index in [1.54, 1.807) is 0 Å². The summed E-state index contributed by atoms with van der Waals surface area (Å²) in [6, 6.07) is 0. The van der Waals surface area contributed by atoms with Crippen LogP contribution in [0.3, 0.4) is 0 Å². The van der Waals surface area contributed by atoms with Crippen LogP contribution in [-0.2, 0) is 4.74 Å². The molecule has 0 aliphatic heterocycles. The molecule has 0 aromatic carbocycles. The molecule has 0 spiro atoms. The van der Waals surface area contributed by atoms with Crippen molar-refractivity contribution in [1.82, 2.24) is 4.37 Å². The molecule has 1 aromatic heterocycles. The summed E-state index contributed by atoms with van der Waals surface area (Å²) in [6.45, 7) is 8.31. The summed E-state index contributed by atoms with van der Waals surface area (Å²) in [5.41, 5.74) is 5.73. The van der Waals surface area contributed by atoms with E-state index in [0.717, 1.165) is 31.0 Å². The summed E-state index contributed by atoms with van der Waals surface area (Å²) in [6.07, 6.45) is 2.41. The first-order valence-corrected chi connectivity index (χ1v) is 7.15. The van der Waals surface area contributed by atoms with E-state index in [0.29, 0.717) is 24.3 Å². The molecule has 0 unspecified atom stereocenters. The second kappa shape index (κ2) is 8.16. The maximum atomic E-state index is 5.73. The summed E-state index contributed by atoms with van der Waals surface area (Å²) in [7, 11) is 0. The highest BCUT2D eigenvalue weighted by molar-refractivity contribution is 7.11. The summed E-state index contributed by atoms with van der Waals surface area (Å²) in [4.78, 5) is 0. The van der Waals surface area contributed by atoms with Crippen molar-refractivity contribution < 1.29 is 9.47 Å². The van der Waals surface area contributed by atoms with Gasteiger partial charge in [0, 0.05) is 13.2 Å². The topological polar surface area (TPSA) is 69.4 Å². The highest BCUT2D eigenvalue weighted by atomic mass is 32.1. The molecule has 18 heavy (non-hydrogen) atoms. The van der Waals surface area contributed by atoms with Crippen molar-refractivity contribution in [2.45, 2.75) is 39.7 Å². The predicted molar refractivity (Wildman–Crippen MR) is 76.5 cm³/mol. The van der Waals surface area contributed by atoms with Crippen molar-refractivity contribution in [3.63, 3.8) is 0 Å². The van der Waals surface area contributed by atoms with Gasteiger partial charge in [-0.1, -0.05) is 0 Å². The van der Waals surface area contributed by atoms with E-state index in [1.807, 2.05) is 20.8 Å². The van der Waals surface area contributed by atoms with Crippen molar-refractivity contribution in [3.8, 4) is 5.75 Å². The number of nitrogens with zero attached hydrogens (tertiary/aromatic N) is 1. The monoisotopic (exact) mass is 273 g/mol. The van der Waals surface area contributed by atoms with E-state index >= 15 is 0 Å². The highest BCUT2D eigenvalue weighted by Gasteiger charge is 2.11. The Morgan fingerprint density at radius 3 is 2.83 bits per heavy atom. The van der Waals surface area contributed by atoms with Gasteiger partial charge in [-0.25, -0.2) is 0 Å². The number of hydrogen-bond donors (Lipinski definition) is 2. The van der Waals surface area contributed by atoms with E-state index in [4.69, 9.17) is 15.2 Å². The van der Waals surface area contributed by atoms with Gasteiger partial charge in [0.05, 0.1) is 12.7 Å². The molecule has 0 atom stereocenters. The number of hydrogen-bond acceptors (Lipinski definition) is 6. The highest BCUT2D eigenvalue weighted by Crippen LogP contribution is 2.34. The molecule has 0 aliphatic carbocycles. The molecule has 0 saturated heterocycles. The summed E-state index contributed by atoms with van der Waals surface area (Å²) < 4.78 is 15.0. The average molecular weight is 273 g/mol. The van der Waals surface area contributed by atoms with Gasteiger partial charge in [-0.15, -0.1) is 0 Å². The fraction of sp³-hybridized carbons (Fsp3) is 0.750. The number of anilines is 2. The van der Waals surface area contributed by atoms with Gasteiger partial charge in [0.1, 0.15) is 0 Å². The Morgan fingerprint density at radius 2 is 2.17 bits per heavy atom. The van der Waals surface area contributed by atoms with Crippen molar-refractivity contribution in [2.75, 3.05) is 30.8 Å². The van der Waals surface area contributed by atoms with Crippen LogP contribution in [0, 0.1) is 0 Å². The molecule has 0 fully saturated rings. The number of ether oxygens (including phenoxy) is 2. The van der Waals surface area contributed by atoms with Crippen LogP contribution < -0.4 is 15.8 Å². The quantitative estimate of drug-likeness (QED) is 0.677. The molecule has 0 aliphatic rings. The Bertz CT molecular complexity index is 342. The zero-order chi connectivity index (χ0) is 13.4. The third kappa shape index (κ3) is 5.10. The van der Waals surface area contributed by atoms with Crippen LogP contribution in [-0.4, -0.2) is 30.2 Å². The lowest BCUT2D eigenvalue weighted by molar-refractivity contribution is 0.0765. The smallest absolute Gasteiger partial charge is 0.197 e. The maximum absolute atomic E-state index is 5.73. The minimum atomic E-state index is 0.309. The molecule has 1 aromatic rings. The van der Waals surface area contributed by atoms with E-state index < -0.39 is 0 Å². The Kier molecular flexibility index (Phi) is 6.82. The second-order valence-electron chi connectivity index (χ2n) is 4.21. The Morgan fingerprint density at radius 1 is 1.39 bits per heavy atom. The van der Waals surface area contributed by atoms with Gasteiger partial charge in [-0.3, -0.25) is 0 Å². The summed E-state index contributed by atoms with van der Waals surface area (Å²) in [5.74, 6) is 1.15. The summed E-state index contributed by atoms with van der Waals surface area (Å²) in [5, 5.41) is 4.22. The normalized spacial score (nSPS) is 10.9. The molecule has 104 valence electrons. The number of rotatable bonds is 9. The third-order valence-electron chi connectivity index (χ3n) is 2.27. The molecular formula is C12H23N3O2S. The van der Waals surface area contributed by atoms with E-state index in [-0.39, 0.29) is 0 Å². The lowest BCUT2D eigenvalue weighted by atomic mass is 10.3. The van der Waals surface area contributed by atoms with Crippen LogP contribution >= 0.6 is 11.5 Å². The standard InChI is InChI=1S/C12H23N3O2S/c1-4-16-10-11(13)15-18-12(10)14-7-5-6-8-17-9(2)3/h9,14H,4-8H2,1-3H3,(H2,13,15). The number of aromatic nitrogens is 1. The summed E-state index contributed by atoms with van der Waals surface area (Å²) >= 11 is 1.34. The molecule has 5 nitrogen and oxygen atoms in total. The third-order valence-corrected chi connectivity index (χ3v) is 3.07. The van der Waals surface area contributed by atoms with Crippen LogP contribution in [0.5, 0.6) is 5.75 Å². The van der Waals surface area contributed by atoms with Gasteiger partial charge in [-0.2, -0.15) is 4.37 Å². The SMILES string of the molecule is CCOc1c(N)nsc1NCCCCOC(C)C. The molecule has 1 rings (SSSR count). The minimum absolute atomic E-state index is 0.309. The van der Waals surface area contributed by atoms with Gasteiger partial charge >= 0.3 is 0 Å². The Labute approximate surface area is 113 Å². The zero-order valence-electron chi connectivity index (χ0n) is 11.4. The molecule has 0 radical (unpaired) electrons. The van der Waals surface area contributed by atoms with E-state index in [9.17, 15) is 0 Å². The molecule has 0 bridgehead atoms. The van der Waals surface area contributed by atoms with Crippen molar-refractivity contribution in [3.05, 3.63) is 0 Å². The largest absolute Gasteiger partial charge is 0.487 e. The maximum Gasteiger partial charge on any atom is 0.197 e. The number of unbranched alkanes of at least 4 members (excludes halogenated alkanes) is 1. The molecule has 0 saturated carbocycles. The van der Waals surface area contributed by atoms with Crippen LogP contribution in [0.15, 0.2) is 0 Å². The molecule has 0 amide bonds. The lowest BCUT2D eigenvalue weighted by Gasteiger charge is -2.09. The second-order valence-corrected chi connectivity index (χ2v) is 4.99. The van der Waals surface area contributed by atoms with Crippen LogP contribution in [0.25, 0.3) is 0 Å². The lowest BCUT2D eigenvalue weighted by Crippen LogP contribution is -2.07. The first-order valence-electron chi connectivity index (χ1n) is 6.38. The molecular weight excluding hydrogens is 250 g/mol. The van der Waals surface area contributed by atoms with Crippen LogP contribution in [0.2, 0.25) is 0 Å². The molecule has 3 N–H and O–H groups in total. The Hall–Kier alpha value is -1.01. The van der Waals surface area contributed by atoms with Crippen molar-refractivity contribution in [2.24, 2.45) is 0 Å². The van der Waals surface area contributed by atoms with Gasteiger partial charge in [0.15, 0.2) is 16.6 Å². The molecule has 6 heteroatoms. The van der Waals surface area contributed by atoms with Gasteiger partial charge < -0.3 is 20.5 Å². The van der Waals surface area contributed by atoms with Crippen molar-refractivity contribution in [1.29, 1.82) is 0 Å². The van der Waals surface area contributed by atoms with Crippen molar-refractivity contribution >= 4 is 22.4 Å².